The van der Waals surface area contributed by atoms with Gasteiger partial charge in [0.2, 0.25) is 5.91 Å². The molecule has 0 saturated heterocycles. The lowest BCUT2D eigenvalue weighted by Crippen LogP contribution is -2.29. The minimum atomic E-state index is -0.539. The largest absolute Gasteiger partial charge is 0.336 e. The minimum Gasteiger partial charge on any atom is -0.336 e. The number of benzene rings is 2. The second-order valence-electron chi connectivity index (χ2n) is 7.85. The van der Waals surface area contributed by atoms with Crippen LogP contribution in [0.5, 0.6) is 0 Å². The van der Waals surface area contributed by atoms with Crippen LogP contribution in [0.1, 0.15) is 17.8 Å². The molecule has 2 aromatic heterocycles. The molecule has 8 nitrogen and oxygen atoms in total. The van der Waals surface area contributed by atoms with Gasteiger partial charge in [0.05, 0.1) is 0 Å². The molecule has 2 aromatic carbocycles. The average Bonchev–Trinajstić information content (AvgIpc) is 3.40. The van der Waals surface area contributed by atoms with Gasteiger partial charge in [0.25, 0.3) is 5.56 Å². The summed E-state index contributed by atoms with van der Waals surface area (Å²) in [6.45, 7) is 0.578. The Balaban J connectivity index is 1.33. The van der Waals surface area contributed by atoms with Gasteiger partial charge in [-0.15, -0.1) is 0 Å². The van der Waals surface area contributed by atoms with Gasteiger partial charge < -0.3 is 9.88 Å². The van der Waals surface area contributed by atoms with Crippen LogP contribution in [0.4, 0.5) is 10.1 Å². The third kappa shape index (κ3) is 3.41. The molecule has 162 valence electrons. The van der Waals surface area contributed by atoms with E-state index in [0.717, 1.165) is 28.8 Å². The molecule has 1 amide bonds. The van der Waals surface area contributed by atoms with Crippen LogP contribution in [0, 0.1) is 5.82 Å². The van der Waals surface area contributed by atoms with E-state index in [9.17, 15) is 18.8 Å². The highest BCUT2D eigenvalue weighted by Crippen LogP contribution is 2.33. The number of hydrogen-bond donors (Lipinski definition) is 2. The summed E-state index contributed by atoms with van der Waals surface area (Å²) in [4.78, 5) is 47.8. The number of anilines is 1. The van der Waals surface area contributed by atoms with Gasteiger partial charge in [-0.05, 0) is 47.4 Å². The SMILES string of the molecule is Cn1c(=O)[nH]c(=O)c2[nH]c(CCC(=O)N3CCc4cc(-c5cccc(F)c5)ccc43)nc21. The van der Waals surface area contributed by atoms with E-state index in [1.54, 1.807) is 11.0 Å². The number of imidazole rings is 1. The molecule has 9 heteroatoms. The topological polar surface area (TPSA) is 104 Å². The molecule has 0 bridgehead atoms. The predicted octanol–water partition coefficient (Wildman–Crippen LogP) is 2.28. The number of rotatable bonds is 4. The molecule has 5 rings (SSSR count). The lowest BCUT2D eigenvalue weighted by Gasteiger charge is -2.17. The monoisotopic (exact) mass is 433 g/mol. The summed E-state index contributed by atoms with van der Waals surface area (Å²) in [5, 5.41) is 0. The van der Waals surface area contributed by atoms with Gasteiger partial charge in [-0.1, -0.05) is 18.2 Å². The summed E-state index contributed by atoms with van der Waals surface area (Å²) in [6, 6.07) is 12.2. The van der Waals surface area contributed by atoms with E-state index in [0.29, 0.717) is 18.8 Å². The number of amides is 1. The third-order valence-electron chi connectivity index (χ3n) is 5.81. The fraction of sp³-hybridized carbons (Fsp3) is 0.217. The Labute approximate surface area is 181 Å². The Hall–Kier alpha value is -4.01. The summed E-state index contributed by atoms with van der Waals surface area (Å²) < 4.78 is 14.8. The maximum Gasteiger partial charge on any atom is 0.329 e. The van der Waals surface area contributed by atoms with Crippen LogP contribution in [0.15, 0.2) is 52.1 Å². The van der Waals surface area contributed by atoms with Crippen LogP contribution < -0.4 is 16.1 Å². The van der Waals surface area contributed by atoms with Crippen LogP contribution in [-0.2, 0) is 24.7 Å². The Morgan fingerprint density at radius 3 is 2.75 bits per heavy atom. The van der Waals surface area contributed by atoms with E-state index in [-0.39, 0.29) is 29.3 Å². The molecule has 2 N–H and O–H groups in total. The van der Waals surface area contributed by atoms with Crippen LogP contribution in [-0.4, -0.2) is 32.0 Å². The Morgan fingerprint density at radius 2 is 1.94 bits per heavy atom. The lowest BCUT2D eigenvalue weighted by molar-refractivity contribution is -0.118. The first-order valence-corrected chi connectivity index (χ1v) is 10.3. The van der Waals surface area contributed by atoms with Gasteiger partial charge in [0.15, 0.2) is 5.65 Å². The highest BCUT2D eigenvalue weighted by molar-refractivity contribution is 5.96. The van der Waals surface area contributed by atoms with E-state index in [2.05, 4.69) is 15.0 Å². The first-order valence-electron chi connectivity index (χ1n) is 10.3. The highest BCUT2D eigenvalue weighted by atomic mass is 19.1. The Morgan fingerprint density at radius 1 is 1.12 bits per heavy atom. The number of nitrogens with zero attached hydrogens (tertiary/aromatic N) is 3. The molecule has 1 aliphatic rings. The van der Waals surface area contributed by atoms with Gasteiger partial charge in [0, 0.05) is 32.1 Å². The molecule has 3 heterocycles. The van der Waals surface area contributed by atoms with Crippen molar-refractivity contribution in [3.63, 3.8) is 0 Å². The first kappa shape index (κ1) is 19.9. The highest BCUT2D eigenvalue weighted by Gasteiger charge is 2.25. The summed E-state index contributed by atoms with van der Waals surface area (Å²) >= 11 is 0. The Bertz CT molecular complexity index is 1480. The lowest BCUT2D eigenvalue weighted by atomic mass is 10.0. The molecular weight excluding hydrogens is 413 g/mol. The number of fused-ring (bicyclic) bond motifs is 2. The number of carbonyl (C=O) groups excluding carboxylic acids is 1. The van der Waals surface area contributed by atoms with Gasteiger partial charge in [-0.3, -0.25) is 19.1 Å². The maximum absolute atomic E-state index is 13.6. The molecular formula is C23H20FN5O3. The quantitative estimate of drug-likeness (QED) is 0.515. The van der Waals surface area contributed by atoms with Crippen molar-refractivity contribution in [2.75, 3.05) is 11.4 Å². The van der Waals surface area contributed by atoms with E-state index in [1.165, 1.54) is 23.7 Å². The molecule has 0 spiro atoms. The second kappa shape index (κ2) is 7.60. The Kier molecular flexibility index (Phi) is 4.73. The average molecular weight is 433 g/mol. The fourth-order valence-corrected chi connectivity index (χ4v) is 4.14. The number of nitrogens with one attached hydrogen (secondary N) is 2. The van der Waals surface area contributed by atoms with Gasteiger partial charge in [-0.2, -0.15) is 0 Å². The van der Waals surface area contributed by atoms with Gasteiger partial charge in [0.1, 0.15) is 17.2 Å². The number of carbonyl (C=O) groups is 1. The zero-order chi connectivity index (χ0) is 22.4. The first-order chi connectivity index (χ1) is 15.4. The van der Waals surface area contributed by atoms with Crippen LogP contribution in [0.3, 0.4) is 0 Å². The summed E-state index contributed by atoms with van der Waals surface area (Å²) in [5.74, 6) is 0.138. The van der Waals surface area contributed by atoms with Crippen molar-refractivity contribution in [3.05, 3.63) is 80.5 Å². The van der Waals surface area contributed by atoms with Crippen molar-refractivity contribution in [3.8, 4) is 11.1 Å². The zero-order valence-electron chi connectivity index (χ0n) is 17.3. The van der Waals surface area contributed by atoms with Crippen LogP contribution >= 0.6 is 0 Å². The van der Waals surface area contributed by atoms with Crippen molar-refractivity contribution in [2.24, 2.45) is 7.05 Å². The standard InChI is InChI=1S/C23H20FN5O3/c1-28-21-20(22(31)27-23(28)32)25-18(26-21)7-8-19(30)29-10-9-15-11-14(5-6-17(15)29)13-3-2-4-16(24)12-13/h2-6,11-12H,7-10H2,1H3,(H,25,26)(H,27,31,32). The maximum atomic E-state index is 13.6. The van der Waals surface area contributed by atoms with Crippen molar-refractivity contribution in [1.82, 2.24) is 19.5 Å². The van der Waals surface area contributed by atoms with Gasteiger partial charge >= 0.3 is 5.69 Å². The number of aromatic amines is 2. The predicted molar refractivity (Wildman–Crippen MR) is 118 cm³/mol. The number of aromatic nitrogens is 4. The summed E-state index contributed by atoms with van der Waals surface area (Å²) in [6.07, 6.45) is 1.25. The second-order valence-corrected chi connectivity index (χ2v) is 7.85. The molecule has 4 aromatic rings. The molecule has 1 aliphatic heterocycles. The van der Waals surface area contributed by atoms with Crippen molar-refractivity contribution in [1.29, 1.82) is 0 Å². The van der Waals surface area contributed by atoms with E-state index < -0.39 is 11.2 Å². The molecule has 0 radical (unpaired) electrons. The number of halogens is 1. The number of hydrogen-bond acceptors (Lipinski definition) is 4. The zero-order valence-corrected chi connectivity index (χ0v) is 17.3. The van der Waals surface area contributed by atoms with Crippen molar-refractivity contribution < 1.29 is 9.18 Å². The molecule has 0 fully saturated rings. The van der Waals surface area contributed by atoms with Crippen LogP contribution in [0.25, 0.3) is 22.3 Å². The third-order valence-corrected chi connectivity index (χ3v) is 5.81. The fourth-order valence-electron chi connectivity index (χ4n) is 4.14. The van der Waals surface area contributed by atoms with Crippen molar-refractivity contribution >= 4 is 22.8 Å². The molecule has 0 saturated carbocycles. The van der Waals surface area contributed by atoms with Crippen molar-refractivity contribution in [2.45, 2.75) is 19.3 Å². The molecule has 0 atom stereocenters. The number of H-pyrrole nitrogens is 2. The van der Waals surface area contributed by atoms with E-state index in [4.69, 9.17) is 0 Å². The van der Waals surface area contributed by atoms with E-state index >= 15 is 0 Å². The molecule has 0 aliphatic carbocycles. The molecule has 32 heavy (non-hydrogen) atoms. The molecule has 0 unspecified atom stereocenters. The van der Waals surface area contributed by atoms with E-state index in [1.807, 2.05) is 24.3 Å². The summed E-state index contributed by atoms with van der Waals surface area (Å²) in [7, 11) is 1.52. The normalized spacial score (nSPS) is 13.0. The van der Waals surface area contributed by atoms with Crippen LogP contribution in [0.2, 0.25) is 0 Å². The number of aryl methyl sites for hydroxylation is 2. The smallest absolute Gasteiger partial charge is 0.329 e. The summed E-state index contributed by atoms with van der Waals surface area (Å²) in [5.41, 5.74) is 3.02. The minimum absolute atomic E-state index is 0.0505. The van der Waals surface area contributed by atoms with Gasteiger partial charge in [-0.25, -0.2) is 14.2 Å².